The molecule has 0 N–H and O–H groups in total. The van der Waals surface area contributed by atoms with Crippen molar-refractivity contribution in [3.05, 3.63) is 40.9 Å². The van der Waals surface area contributed by atoms with Crippen LogP contribution in [0.5, 0.6) is 0 Å². The minimum Gasteiger partial charge on any atom is -0.465 e. The molecular formula is C17H22ClNO2. The predicted molar refractivity (Wildman–Crippen MR) is 87.3 cm³/mol. The molecule has 2 rings (SSSR count). The fourth-order valence-electron chi connectivity index (χ4n) is 3.08. The van der Waals surface area contributed by atoms with Crippen LogP contribution < -0.4 is 4.90 Å². The largest absolute Gasteiger partial charge is 0.465 e. The summed E-state index contributed by atoms with van der Waals surface area (Å²) in [6.45, 7) is 6.56. The highest BCUT2D eigenvalue weighted by atomic mass is 35.5. The van der Waals surface area contributed by atoms with E-state index in [1.165, 1.54) is 32.8 Å². The molecule has 1 saturated carbocycles. The highest BCUT2D eigenvalue weighted by molar-refractivity contribution is 6.31. The number of rotatable bonds is 5. The third-order valence-electron chi connectivity index (χ3n) is 4.15. The third-order valence-corrected chi connectivity index (χ3v) is 4.37. The van der Waals surface area contributed by atoms with E-state index in [0.29, 0.717) is 16.6 Å². The zero-order valence-electron chi connectivity index (χ0n) is 12.7. The number of halogens is 1. The van der Waals surface area contributed by atoms with Gasteiger partial charge >= 0.3 is 5.97 Å². The van der Waals surface area contributed by atoms with Crippen molar-refractivity contribution in [3.8, 4) is 0 Å². The number of hydrogen-bond acceptors (Lipinski definition) is 3. The molecule has 4 heteroatoms. The van der Waals surface area contributed by atoms with Crippen LogP contribution in [-0.2, 0) is 4.74 Å². The van der Waals surface area contributed by atoms with Gasteiger partial charge in [-0.3, -0.25) is 0 Å². The Hall–Kier alpha value is -1.48. The van der Waals surface area contributed by atoms with Crippen LogP contribution in [0.3, 0.4) is 0 Å². The highest BCUT2D eigenvalue weighted by Gasteiger charge is 2.25. The number of nitrogens with zero attached hydrogens (tertiary/aromatic N) is 1. The molecule has 0 aliphatic heterocycles. The van der Waals surface area contributed by atoms with Crippen LogP contribution in [0.2, 0.25) is 5.02 Å². The Morgan fingerprint density at radius 3 is 2.71 bits per heavy atom. The smallest absolute Gasteiger partial charge is 0.338 e. The van der Waals surface area contributed by atoms with Crippen LogP contribution in [0.1, 0.15) is 41.6 Å². The van der Waals surface area contributed by atoms with Gasteiger partial charge in [-0.2, -0.15) is 0 Å². The average molecular weight is 308 g/mol. The topological polar surface area (TPSA) is 29.5 Å². The molecule has 114 valence electrons. The van der Waals surface area contributed by atoms with E-state index >= 15 is 0 Å². The van der Waals surface area contributed by atoms with Gasteiger partial charge in [-0.05, 0) is 37.5 Å². The van der Waals surface area contributed by atoms with Crippen molar-refractivity contribution < 1.29 is 9.53 Å². The summed E-state index contributed by atoms with van der Waals surface area (Å²) in [6.07, 6.45) is 6.75. The summed E-state index contributed by atoms with van der Waals surface area (Å²) in [5.41, 5.74) is 2.46. The molecule has 0 atom stereocenters. The molecule has 0 aromatic heterocycles. The lowest BCUT2D eigenvalue weighted by atomic mass is 10.0. The van der Waals surface area contributed by atoms with Crippen molar-refractivity contribution in [2.45, 2.75) is 38.6 Å². The van der Waals surface area contributed by atoms with Gasteiger partial charge in [-0.25, -0.2) is 4.79 Å². The van der Waals surface area contributed by atoms with Crippen LogP contribution in [0.25, 0.3) is 0 Å². The lowest BCUT2D eigenvalue weighted by molar-refractivity contribution is 0.0600. The first-order chi connectivity index (χ1) is 10.1. The zero-order valence-corrected chi connectivity index (χ0v) is 13.4. The van der Waals surface area contributed by atoms with Crippen LogP contribution in [-0.4, -0.2) is 25.7 Å². The Morgan fingerprint density at radius 1 is 1.48 bits per heavy atom. The van der Waals surface area contributed by atoms with Crippen LogP contribution in [0.4, 0.5) is 5.69 Å². The molecule has 1 aliphatic rings. The van der Waals surface area contributed by atoms with Gasteiger partial charge in [0.1, 0.15) is 0 Å². The summed E-state index contributed by atoms with van der Waals surface area (Å²) >= 11 is 6.21. The van der Waals surface area contributed by atoms with Crippen molar-refractivity contribution in [1.82, 2.24) is 0 Å². The summed E-state index contributed by atoms with van der Waals surface area (Å²) in [6, 6.07) is 4.10. The molecule has 1 fully saturated rings. The van der Waals surface area contributed by atoms with Crippen molar-refractivity contribution in [1.29, 1.82) is 0 Å². The first kappa shape index (κ1) is 15.9. The van der Waals surface area contributed by atoms with E-state index in [1.54, 1.807) is 6.07 Å². The highest BCUT2D eigenvalue weighted by Crippen LogP contribution is 2.34. The van der Waals surface area contributed by atoms with Crippen molar-refractivity contribution in [2.24, 2.45) is 0 Å². The quantitative estimate of drug-likeness (QED) is 0.597. The second-order valence-electron chi connectivity index (χ2n) is 5.47. The second-order valence-corrected chi connectivity index (χ2v) is 5.90. The third kappa shape index (κ3) is 3.41. The Morgan fingerprint density at radius 2 is 2.14 bits per heavy atom. The van der Waals surface area contributed by atoms with Gasteiger partial charge in [-0.1, -0.05) is 30.5 Å². The number of anilines is 1. The molecular weight excluding hydrogens is 286 g/mol. The summed E-state index contributed by atoms with van der Waals surface area (Å²) < 4.78 is 4.86. The maximum absolute atomic E-state index is 11.9. The van der Waals surface area contributed by atoms with Gasteiger partial charge in [0, 0.05) is 23.3 Å². The number of benzene rings is 1. The normalized spacial score (nSPS) is 15.0. The van der Waals surface area contributed by atoms with Gasteiger partial charge in [0.15, 0.2) is 0 Å². The fourth-order valence-corrected chi connectivity index (χ4v) is 3.30. The SMILES string of the molecule is C=CCN(c1cc(Cl)cc(C(=O)OC)c1C)C1CCCC1. The van der Waals surface area contributed by atoms with Gasteiger partial charge in [0.05, 0.1) is 12.7 Å². The molecule has 21 heavy (non-hydrogen) atoms. The molecule has 0 heterocycles. The van der Waals surface area contributed by atoms with Crippen LogP contribution in [0.15, 0.2) is 24.8 Å². The average Bonchev–Trinajstić information content (AvgIpc) is 3.00. The molecule has 0 radical (unpaired) electrons. The summed E-state index contributed by atoms with van der Waals surface area (Å²) in [4.78, 5) is 14.2. The minimum atomic E-state index is -0.346. The monoisotopic (exact) mass is 307 g/mol. The first-order valence-electron chi connectivity index (χ1n) is 7.34. The van der Waals surface area contributed by atoms with E-state index in [2.05, 4.69) is 11.5 Å². The lowest BCUT2D eigenvalue weighted by Gasteiger charge is -2.32. The van der Waals surface area contributed by atoms with Crippen molar-refractivity contribution >= 4 is 23.3 Å². The number of hydrogen-bond donors (Lipinski definition) is 0. The van der Waals surface area contributed by atoms with Crippen molar-refractivity contribution in [2.75, 3.05) is 18.6 Å². The number of carbonyl (C=O) groups excluding carboxylic acids is 1. The van der Waals surface area contributed by atoms with Gasteiger partial charge < -0.3 is 9.64 Å². The van der Waals surface area contributed by atoms with E-state index in [4.69, 9.17) is 16.3 Å². The Bertz CT molecular complexity index is 536. The van der Waals surface area contributed by atoms with Gasteiger partial charge in [0.25, 0.3) is 0 Å². The lowest BCUT2D eigenvalue weighted by Crippen LogP contribution is -2.34. The molecule has 0 amide bonds. The molecule has 0 unspecified atom stereocenters. The molecule has 1 aromatic rings. The molecule has 1 aromatic carbocycles. The maximum atomic E-state index is 11.9. The number of carbonyl (C=O) groups is 1. The fraction of sp³-hybridized carbons (Fsp3) is 0.471. The number of methoxy groups -OCH3 is 1. The van der Waals surface area contributed by atoms with Crippen molar-refractivity contribution in [3.63, 3.8) is 0 Å². The molecule has 3 nitrogen and oxygen atoms in total. The molecule has 0 bridgehead atoms. The van der Waals surface area contributed by atoms with E-state index in [9.17, 15) is 4.79 Å². The first-order valence-corrected chi connectivity index (χ1v) is 7.72. The Labute approximate surface area is 131 Å². The second kappa shape index (κ2) is 6.99. The molecule has 1 aliphatic carbocycles. The summed E-state index contributed by atoms with van der Waals surface area (Å²) in [7, 11) is 1.39. The zero-order chi connectivity index (χ0) is 15.4. The maximum Gasteiger partial charge on any atom is 0.338 e. The van der Waals surface area contributed by atoms with E-state index < -0.39 is 0 Å². The number of esters is 1. The Kier molecular flexibility index (Phi) is 5.29. The molecule has 0 spiro atoms. The van der Waals surface area contributed by atoms with E-state index in [0.717, 1.165) is 17.8 Å². The summed E-state index contributed by atoms with van der Waals surface area (Å²) in [5.74, 6) is -0.346. The summed E-state index contributed by atoms with van der Waals surface area (Å²) in [5, 5.41) is 0.558. The number of ether oxygens (including phenoxy) is 1. The minimum absolute atomic E-state index is 0.346. The standard InChI is InChI=1S/C17H22ClNO2/c1-4-9-19(14-7-5-6-8-14)16-11-13(18)10-15(12(16)2)17(20)21-3/h4,10-11,14H,1,5-9H2,2-3H3. The van der Waals surface area contributed by atoms with Gasteiger partial charge in [-0.15, -0.1) is 6.58 Å². The predicted octanol–water partition coefficient (Wildman–Crippen LogP) is 4.37. The molecule has 0 saturated heterocycles. The van der Waals surface area contributed by atoms with Crippen LogP contribution in [0, 0.1) is 6.92 Å². The van der Waals surface area contributed by atoms with E-state index in [1.807, 2.05) is 19.1 Å². The Balaban J connectivity index is 2.46. The van der Waals surface area contributed by atoms with E-state index in [-0.39, 0.29) is 5.97 Å². The van der Waals surface area contributed by atoms with Crippen LogP contribution >= 0.6 is 11.6 Å². The van der Waals surface area contributed by atoms with Gasteiger partial charge in [0.2, 0.25) is 0 Å².